The van der Waals surface area contributed by atoms with Crippen molar-refractivity contribution < 1.29 is 19.4 Å². The molecule has 0 spiro atoms. The molecule has 6 heteroatoms. The lowest BCUT2D eigenvalue weighted by Gasteiger charge is -2.27. The van der Waals surface area contributed by atoms with Crippen molar-refractivity contribution in [3.8, 4) is 0 Å². The molecule has 0 radical (unpaired) electrons. The van der Waals surface area contributed by atoms with Crippen molar-refractivity contribution in [2.75, 3.05) is 11.5 Å². The topological polar surface area (TPSA) is 63.6 Å². The molecule has 1 unspecified atom stereocenters. The summed E-state index contributed by atoms with van der Waals surface area (Å²) in [5, 5.41) is 9.55. The van der Waals surface area contributed by atoms with E-state index >= 15 is 0 Å². The molecule has 1 fully saturated rings. The number of aliphatic hydroxyl groups is 1. The molecule has 0 aliphatic carbocycles. The van der Waals surface area contributed by atoms with Gasteiger partial charge in [0, 0.05) is 17.9 Å². The minimum Gasteiger partial charge on any atom is -0.458 e. The van der Waals surface area contributed by atoms with Gasteiger partial charge in [0.05, 0.1) is 5.92 Å². The first-order chi connectivity index (χ1) is 7.15. The van der Waals surface area contributed by atoms with Gasteiger partial charge in [-0.25, -0.2) is 0 Å². The number of aliphatic hydroxyl groups excluding tert-OH is 1. The second-order valence-corrected chi connectivity index (χ2v) is 5.97. The van der Waals surface area contributed by atoms with Crippen LogP contribution in [0.25, 0.3) is 0 Å². The molecule has 3 atom stereocenters. The minimum absolute atomic E-state index is 0.170. The van der Waals surface area contributed by atoms with Crippen LogP contribution in [0.2, 0.25) is 0 Å². The highest BCUT2D eigenvalue weighted by Gasteiger charge is 2.28. The summed E-state index contributed by atoms with van der Waals surface area (Å²) >= 11 is 0. The lowest BCUT2D eigenvalue weighted by Crippen LogP contribution is -2.38. The van der Waals surface area contributed by atoms with E-state index in [2.05, 4.69) is 0 Å². The SMILES string of the molecule is CC(CC=O)C(=O)O[C@H]1CSSC[C@@H]1O. The number of hydrogen-bond donors (Lipinski definition) is 1. The average molecular weight is 250 g/mol. The zero-order valence-electron chi connectivity index (χ0n) is 8.42. The number of rotatable bonds is 4. The lowest BCUT2D eigenvalue weighted by atomic mass is 10.1. The predicted molar refractivity (Wildman–Crippen MR) is 60.6 cm³/mol. The van der Waals surface area contributed by atoms with Crippen LogP contribution >= 0.6 is 21.6 Å². The smallest absolute Gasteiger partial charge is 0.309 e. The molecule has 86 valence electrons. The van der Waals surface area contributed by atoms with E-state index in [0.717, 1.165) is 0 Å². The van der Waals surface area contributed by atoms with Crippen molar-refractivity contribution in [2.24, 2.45) is 5.92 Å². The van der Waals surface area contributed by atoms with Gasteiger partial charge in [-0.2, -0.15) is 0 Å². The molecule has 1 aliphatic heterocycles. The van der Waals surface area contributed by atoms with Crippen molar-refractivity contribution in [2.45, 2.75) is 25.6 Å². The number of carbonyl (C=O) groups is 2. The van der Waals surface area contributed by atoms with Crippen molar-refractivity contribution in [3.05, 3.63) is 0 Å². The van der Waals surface area contributed by atoms with Gasteiger partial charge in [-0.1, -0.05) is 28.5 Å². The minimum atomic E-state index is -0.594. The molecule has 0 bridgehead atoms. The van der Waals surface area contributed by atoms with Crippen LogP contribution in [0.1, 0.15) is 13.3 Å². The van der Waals surface area contributed by atoms with E-state index in [1.165, 1.54) is 0 Å². The van der Waals surface area contributed by atoms with Crippen molar-refractivity contribution in [1.82, 2.24) is 0 Å². The molecule has 0 saturated carbocycles. The molecule has 0 amide bonds. The number of aldehydes is 1. The van der Waals surface area contributed by atoms with Gasteiger partial charge < -0.3 is 14.6 Å². The first kappa shape index (κ1) is 12.9. The number of carbonyl (C=O) groups excluding carboxylic acids is 2. The standard InChI is InChI=1S/C9H14O4S2/c1-6(2-3-10)9(12)13-8-5-15-14-4-7(8)11/h3,6-8,11H,2,4-5H2,1H3/t6?,7-,8-/m0/s1. The van der Waals surface area contributed by atoms with Gasteiger partial charge in [-0.05, 0) is 0 Å². The Balaban J connectivity index is 2.38. The molecule has 0 aromatic heterocycles. The third-order valence-corrected chi connectivity index (χ3v) is 4.53. The van der Waals surface area contributed by atoms with E-state index < -0.39 is 24.1 Å². The summed E-state index contributed by atoms with van der Waals surface area (Å²) in [6.07, 6.45) is -0.154. The maximum atomic E-state index is 11.4. The summed E-state index contributed by atoms with van der Waals surface area (Å²) < 4.78 is 5.14. The van der Waals surface area contributed by atoms with Gasteiger partial charge >= 0.3 is 5.97 Å². The largest absolute Gasteiger partial charge is 0.458 e. The highest BCUT2D eigenvalue weighted by molar-refractivity contribution is 8.76. The summed E-state index contributed by atoms with van der Waals surface area (Å²) in [5.74, 6) is 0.351. The predicted octanol–water partition coefficient (Wildman–Crippen LogP) is 0.879. The summed E-state index contributed by atoms with van der Waals surface area (Å²) in [5.41, 5.74) is 0. The van der Waals surface area contributed by atoms with E-state index in [0.29, 0.717) is 17.8 Å². The Labute approximate surface area is 96.5 Å². The third-order valence-electron chi connectivity index (χ3n) is 2.10. The average Bonchev–Trinajstić information content (AvgIpc) is 2.21. The van der Waals surface area contributed by atoms with Crippen molar-refractivity contribution in [3.63, 3.8) is 0 Å². The maximum Gasteiger partial charge on any atom is 0.309 e. The number of ether oxygens (including phenoxy) is 1. The van der Waals surface area contributed by atoms with E-state index in [1.807, 2.05) is 0 Å². The van der Waals surface area contributed by atoms with Crippen LogP contribution in [0.3, 0.4) is 0 Å². The zero-order chi connectivity index (χ0) is 11.3. The van der Waals surface area contributed by atoms with Crippen LogP contribution < -0.4 is 0 Å². The molecule has 1 aliphatic rings. The second kappa shape index (κ2) is 6.40. The van der Waals surface area contributed by atoms with Crippen molar-refractivity contribution in [1.29, 1.82) is 0 Å². The Bertz CT molecular complexity index is 234. The molecule has 4 nitrogen and oxygen atoms in total. The number of esters is 1. The van der Waals surface area contributed by atoms with E-state index in [4.69, 9.17) is 4.74 Å². The highest BCUT2D eigenvalue weighted by Crippen LogP contribution is 2.31. The quantitative estimate of drug-likeness (QED) is 0.454. The molecular formula is C9H14O4S2. The molecule has 0 aromatic carbocycles. The molecule has 1 N–H and O–H groups in total. The van der Waals surface area contributed by atoms with Crippen LogP contribution in [0, 0.1) is 5.92 Å². The van der Waals surface area contributed by atoms with Gasteiger partial charge in [-0.15, -0.1) is 0 Å². The van der Waals surface area contributed by atoms with E-state index in [9.17, 15) is 14.7 Å². The summed E-state index contributed by atoms with van der Waals surface area (Å²) in [6, 6.07) is 0. The zero-order valence-corrected chi connectivity index (χ0v) is 10.1. The fourth-order valence-corrected chi connectivity index (χ4v) is 3.44. The van der Waals surface area contributed by atoms with Crippen LogP contribution in [0.15, 0.2) is 0 Å². The molecule has 1 saturated heterocycles. The molecule has 0 aromatic rings. The second-order valence-electron chi connectivity index (χ2n) is 3.42. The lowest BCUT2D eigenvalue weighted by molar-refractivity contribution is -0.157. The molecule has 1 rings (SSSR count). The van der Waals surface area contributed by atoms with Gasteiger partial charge in [0.1, 0.15) is 18.5 Å². The first-order valence-electron chi connectivity index (χ1n) is 4.71. The van der Waals surface area contributed by atoms with Gasteiger partial charge in [-0.3, -0.25) is 4.79 Å². The van der Waals surface area contributed by atoms with E-state index in [-0.39, 0.29) is 6.42 Å². The third kappa shape index (κ3) is 4.04. The Morgan fingerprint density at radius 2 is 2.27 bits per heavy atom. The van der Waals surface area contributed by atoms with E-state index in [1.54, 1.807) is 28.5 Å². The Morgan fingerprint density at radius 1 is 1.60 bits per heavy atom. The van der Waals surface area contributed by atoms with Gasteiger partial charge in [0.2, 0.25) is 0 Å². The Morgan fingerprint density at radius 3 is 2.87 bits per heavy atom. The molecular weight excluding hydrogens is 236 g/mol. The summed E-state index contributed by atoms with van der Waals surface area (Å²) in [4.78, 5) is 21.7. The maximum absolute atomic E-state index is 11.4. The molecule has 15 heavy (non-hydrogen) atoms. The fourth-order valence-electron chi connectivity index (χ4n) is 1.07. The summed E-state index contributed by atoms with van der Waals surface area (Å²) in [7, 11) is 3.16. The monoisotopic (exact) mass is 250 g/mol. The Kier molecular flexibility index (Phi) is 5.49. The van der Waals surface area contributed by atoms with Gasteiger partial charge in [0.25, 0.3) is 0 Å². The number of hydrogen-bond acceptors (Lipinski definition) is 6. The van der Waals surface area contributed by atoms with Crippen LogP contribution in [0.4, 0.5) is 0 Å². The Hall–Kier alpha value is -0.200. The van der Waals surface area contributed by atoms with Crippen LogP contribution in [-0.4, -0.2) is 41.1 Å². The fraction of sp³-hybridized carbons (Fsp3) is 0.778. The first-order valence-corrected chi connectivity index (χ1v) is 7.20. The van der Waals surface area contributed by atoms with Crippen molar-refractivity contribution >= 4 is 33.8 Å². The van der Waals surface area contributed by atoms with Gasteiger partial charge in [0.15, 0.2) is 0 Å². The molecule has 1 heterocycles. The van der Waals surface area contributed by atoms with Crippen LogP contribution in [0.5, 0.6) is 0 Å². The van der Waals surface area contributed by atoms with Crippen LogP contribution in [-0.2, 0) is 14.3 Å². The summed E-state index contributed by atoms with van der Waals surface area (Å²) in [6.45, 7) is 1.65. The highest BCUT2D eigenvalue weighted by atomic mass is 33.1. The normalized spacial score (nSPS) is 28.1.